The van der Waals surface area contributed by atoms with Gasteiger partial charge >= 0.3 is 0 Å². The highest BCUT2D eigenvalue weighted by atomic mass is 79.9. The van der Waals surface area contributed by atoms with Gasteiger partial charge in [0, 0.05) is 4.47 Å². The Hall–Kier alpha value is -1.12. The molecule has 0 radical (unpaired) electrons. The van der Waals surface area contributed by atoms with Gasteiger partial charge in [-0.25, -0.2) is 0 Å². The lowest BCUT2D eigenvalue weighted by atomic mass is 10.0. The van der Waals surface area contributed by atoms with Gasteiger partial charge in [-0.05, 0) is 50.9 Å². The first-order valence-corrected chi connectivity index (χ1v) is 6.79. The Morgan fingerprint density at radius 3 is 2.75 bits per heavy atom. The maximum absolute atomic E-state index is 3.51. The van der Waals surface area contributed by atoms with Crippen LogP contribution in [0.1, 0.15) is 0 Å². The van der Waals surface area contributed by atoms with E-state index >= 15 is 0 Å². The van der Waals surface area contributed by atoms with E-state index in [9.17, 15) is 0 Å². The summed E-state index contributed by atoms with van der Waals surface area (Å²) < 4.78 is 1.13. The molecule has 2 heteroatoms. The fourth-order valence-electron chi connectivity index (χ4n) is 1.92. The maximum atomic E-state index is 3.51. The van der Waals surface area contributed by atoms with Crippen molar-refractivity contribution in [2.45, 2.75) is 0 Å². The molecule has 0 amide bonds. The van der Waals surface area contributed by atoms with E-state index in [1.807, 2.05) is 0 Å². The second-order valence-corrected chi connectivity index (χ2v) is 5.38. The van der Waals surface area contributed by atoms with Gasteiger partial charge in [0.2, 0.25) is 0 Å². The number of hydrogen-bond donors (Lipinski definition) is 0. The minimum atomic E-state index is 1.13. The molecule has 0 fully saturated rings. The molecule has 0 spiro atoms. The lowest BCUT2D eigenvalue weighted by Gasteiger charge is -2.05. The highest BCUT2D eigenvalue weighted by Crippen LogP contribution is 2.31. The SMILES string of the molecule is Brc1ccc2c(-c3ccsc3)cccc2c1. The highest BCUT2D eigenvalue weighted by Gasteiger charge is 2.03. The molecule has 0 atom stereocenters. The number of benzene rings is 2. The number of halogens is 1. The zero-order valence-electron chi connectivity index (χ0n) is 8.48. The largest absolute Gasteiger partial charge is 0.152 e. The Balaban J connectivity index is 2.34. The summed E-state index contributed by atoms with van der Waals surface area (Å²) in [5.41, 5.74) is 2.61. The third-order valence-electron chi connectivity index (χ3n) is 2.67. The number of rotatable bonds is 1. The zero-order valence-corrected chi connectivity index (χ0v) is 10.9. The van der Waals surface area contributed by atoms with Gasteiger partial charge in [0.25, 0.3) is 0 Å². The Kier molecular flexibility index (Phi) is 2.54. The molecular formula is C14H9BrS. The summed E-state index contributed by atoms with van der Waals surface area (Å²) in [5, 5.41) is 6.89. The fourth-order valence-corrected chi connectivity index (χ4v) is 2.96. The first kappa shape index (κ1) is 10.1. The van der Waals surface area contributed by atoms with Crippen molar-refractivity contribution in [2.75, 3.05) is 0 Å². The molecule has 0 unspecified atom stereocenters. The summed E-state index contributed by atoms with van der Waals surface area (Å²) in [6.45, 7) is 0. The second-order valence-electron chi connectivity index (χ2n) is 3.68. The fraction of sp³-hybridized carbons (Fsp3) is 0. The molecule has 0 saturated heterocycles. The van der Waals surface area contributed by atoms with Crippen LogP contribution in [0.4, 0.5) is 0 Å². The smallest absolute Gasteiger partial charge is 0.0181 e. The van der Waals surface area contributed by atoms with Gasteiger partial charge in [-0.2, -0.15) is 11.3 Å². The first-order valence-electron chi connectivity index (χ1n) is 5.05. The van der Waals surface area contributed by atoms with Crippen LogP contribution in [0.3, 0.4) is 0 Å². The van der Waals surface area contributed by atoms with Crippen molar-refractivity contribution in [3.63, 3.8) is 0 Å². The molecule has 0 N–H and O–H groups in total. The summed E-state index contributed by atoms with van der Waals surface area (Å²) >= 11 is 5.24. The second kappa shape index (κ2) is 4.04. The van der Waals surface area contributed by atoms with Crippen molar-refractivity contribution in [1.82, 2.24) is 0 Å². The summed E-state index contributed by atoms with van der Waals surface area (Å²) in [6.07, 6.45) is 0. The van der Waals surface area contributed by atoms with Gasteiger partial charge < -0.3 is 0 Å². The predicted molar refractivity (Wildman–Crippen MR) is 75.0 cm³/mol. The Bertz CT molecular complexity index is 626. The van der Waals surface area contributed by atoms with Crippen LogP contribution < -0.4 is 0 Å². The average molecular weight is 289 g/mol. The molecule has 0 bridgehead atoms. The van der Waals surface area contributed by atoms with E-state index < -0.39 is 0 Å². The van der Waals surface area contributed by atoms with Crippen molar-refractivity contribution in [2.24, 2.45) is 0 Å². The maximum Gasteiger partial charge on any atom is 0.0181 e. The number of fused-ring (bicyclic) bond motifs is 1. The molecule has 1 aromatic heterocycles. The zero-order chi connectivity index (χ0) is 11.0. The predicted octanol–water partition coefficient (Wildman–Crippen LogP) is 5.33. The molecule has 0 aliphatic carbocycles. The van der Waals surface area contributed by atoms with Crippen molar-refractivity contribution >= 4 is 38.0 Å². The van der Waals surface area contributed by atoms with Gasteiger partial charge in [-0.1, -0.05) is 40.2 Å². The summed E-state index contributed by atoms with van der Waals surface area (Å²) in [6, 6.07) is 15.0. The summed E-state index contributed by atoms with van der Waals surface area (Å²) in [7, 11) is 0. The van der Waals surface area contributed by atoms with Gasteiger partial charge in [-0.15, -0.1) is 0 Å². The van der Waals surface area contributed by atoms with Crippen molar-refractivity contribution in [3.05, 3.63) is 57.7 Å². The van der Waals surface area contributed by atoms with E-state index in [0.717, 1.165) is 4.47 Å². The highest BCUT2D eigenvalue weighted by molar-refractivity contribution is 9.10. The van der Waals surface area contributed by atoms with Crippen molar-refractivity contribution in [1.29, 1.82) is 0 Å². The molecule has 0 aliphatic rings. The minimum absolute atomic E-state index is 1.13. The van der Waals surface area contributed by atoms with Crippen LogP contribution in [0.5, 0.6) is 0 Å². The summed E-state index contributed by atoms with van der Waals surface area (Å²) in [5.74, 6) is 0. The van der Waals surface area contributed by atoms with E-state index in [2.05, 4.69) is 69.2 Å². The Morgan fingerprint density at radius 2 is 1.94 bits per heavy atom. The van der Waals surface area contributed by atoms with Crippen LogP contribution in [0, 0.1) is 0 Å². The van der Waals surface area contributed by atoms with Gasteiger partial charge in [0.15, 0.2) is 0 Å². The van der Waals surface area contributed by atoms with Gasteiger partial charge in [-0.3, -0.25) is 0 Å². The normalized spacial score (nSPS) is 10.8. The molecule has 78 valence electrons. The molecule has 0 nitrogen and oxygen atoms in total. The monoisotopic (exact) mass is 288 g/mol. The molecule has 1 heterocycles. The van der Waals surface area contributed by atoms with E-state index in [4.69, 9.17) is 0 Å². The molecule has 3 rings (SSSR count). The lowest BCUT2D eigenvalue weighted by molar-refractivity contribution is 1.69. The quantitative estimate of drug-likeness (QED) is 0.568. The number of thiophene rings is 1. The van der Waals surface area contributed by atoms with Crippen LogP contribution in [-0.4, -0.2) is 0 Å². The Labute approximate surface area is 107 Å². The number of hydrogen-bond acceptors (Lipinski definition) is 1. The van der Waals surface area contributed by atoms with Crippen molar-refractivity contribution < 1.29 is 0 Å². The van der Waals surface area contributed by atoms with Crippen LogP contribution >= 0.6 is 27.3 Å². The van der Waals surface area contributed by atoms with Gasteiger partial charge in [0.05, 0.1) is 0 Å². The van der Waals surface area contributed by atoms with Gasteiger partial charge in [0.1, 0.15) is 0 Å². The Morgan fingerprint density at radius 1 is 1.00 bits per heavy atom. The standard InChI is InChI=1S/C14H9BrS/c15-12-4-5-14-10(8-12)2-1-3-13(14)11-6-7-16-9-11/h1-9H. The van der Waals surface area contributed by atoms with Crippen LogP contribution in [-0.2, 0) is 0 Å². The van der Waals surface area contributed by atoms with Crippen LogP contribution in [0.15, 0.2) is 57.7 Å². The molecule has 0 aliphatic heterocycles. The van der Waals surface area contributed by atoms with Crippen molar-refractivity contribution in [3.8, 4) is 11.1 Å². The van der Waals surface area contributed by atoms with Crippen LogP contribution in [0.25, 0.3) is 21.9 Å². The summed E-state index contributed by atoms with van der Waals surface area (Å²) in [4.78, 5) is 0. The van der Waals surface area contributed by atoms with E-state index in [0.29, 0.717) is 0 Å². The van der Waals surface area contributed by atoms with E-state index in [1.54, 1.807) is 11.3 Å². The average Bonchev–Trinajstić information content (AvgIpc) is 2.81. The molecule has 2 aromatic carbocycles. The van der Waals surface area contributed by atoms with Crippen LogP contribution in [0.2, 0.25) is 0 Å². The lowest BCUT2D eigenvalue weighted by Crippen LogP contribution is -1.78. The molecule has 16 heavy (non-hydrogen) atoms. The topological polar surface area (TPSA) is 0 Å². The van der Waals surface area contributed by atoms with E-state index in [-0.39, 0.29) is 0 Å². The first-order chi connectivity index (χ1) is 7.84. The third kappa shape index (κ3) is 1.68. The molecular weight excluding hydrogens is 280 g/mol. The molecule has 0 saturated carbocycles. The van der Waals surface area contributed by atoms with E-state index in [1.165, 1.54) is 21.9 Å². The third-order valence-corrected chi connectivity index (χ3v) is 3.85. The minimum Gasteiger partial charge on any atom is -0.152 e. The molecule has 3 aromatic rings.